The topological polar surface area (TPSA) is 131 Å². The molecule has 0 saturated heterocycles. The Labute approximate surface area is 205 Å². The number of hydrogen-bond acceptors (Lipinski definition) is 8. The summed E-state index contributed by atoms with van der Waals surface area (Å²) in [6.07, 6.45) is 3.73. The molecule has 3 aromatic heterocycles. The first-order valence-electron chi connectivity index (χ1n) is 11.9. The molecule has 0 radical (unpaired) electrons. The predicted molar refractivity (Wildman–Crippen MR) is 133 cm³/mol. The van der Waals surface area contributed by atoms with Crippen molar-refractivity contribution in [3.63, 3.8) is 0 Å². The largest absolute Gasteiger partial charge is 0.478 e. The van der Waals surface area contributed by atoms with Crippen LogP contribution in [0.3, 0.4) is 0 Å². The van der Waals surface area contributed by atoms with E-state index in [4.69, 9.17) is 10.5 Å². The van der Waals surface area contributed by atoms with E-state index in [2.05, 4.69) is 15.0 Å². The van der Waals surface area contributed by atoms with Gasteiger partial charge in [0, 0.05) is 24.9 Å². The molecule has 1 aliphatic rings. The summed E-state index contributed by atoms with van der Waals surface area (Å²) in [4.78, 5) is 26.6. The van der Waals surface area contributed by atoms with Crippen molar-refractivity contribution in [1.82, 2.24) is 15.0 Å². The van der Waals surface area contributed by atoms with E-state index < -0.39 is 11.7 Å². The summed E-state index contributed by atoms with van der Waals surface area (Å²) in [6, 6.07) is 10.7. The summed E-state index contributed by atoms with van der Waals surface area (Å²) in [5.41, 5.74) is 8.33. The Balaban J connectivity index is 1.60. The molecule has 4 N–H and O–H groups in total. The fraction of sp³-hybridized carbons (Fsp3) is 0.407. The number of nitrogens with zero attached hydrogens (tertiary/aromatic N) is 3. The number of carbonyl (C=O) groups excluding carboxylic acids is 1. The molecule has 0 bridgehead atoms. The van der Waals surface area contributed by atoms with Crippen LogP contribution in [0.25, 0.3) is 11.4 Å². The lowest BCUT2D eigenvalue weighted by Crippen LogP contribution is -2.49. The molecule has 0 unspecified atom stereocenters. The van der Waals surface area contributed by atoms with Crippen molar-refractivity contribution in [3.05, 3.63) is 65.6 Å². The predicted octanol–water partition coefficient (Wildman–Crippen LogP) is 3.57. The van der Waals surface area contributed by atoms with Gasteiger partial charge in [0.1, 0.15) is 5.69 Å². The normalized spacial score (nSPS) is 24.2. The van der Waals surface area contributed by atoms with E-state index in [1.165, 1.54) is 0 Å². The van der Waals surface area contributed by atoms with Crippen molar-refractivity contribution >= 4 is 11.5 Å². The number of carbonyl (C=O) groups is 1. The minimum atomic E-state index is -1.13. The monoisotopic (exact) mass is 476 g/mol. The number of nitrogen functional groups attached to an aromatic ring is 1. The van der Waals surface area contributed by atoms with Crippen LogP contribution in [0.4, 0.5) is 5.69 Å². The first kappa shape index (κ1) is 24.8. The second kappa shape index (κ2) is 10.1. The van der Waals surface area contributed by atoms with Gasteiger partial charge in [-0.15, -0.1) is 0 Å². The third-order valence-corrected chi connectivity index (χ3v) is 7.02. The van der Waals surface area contributed by atoms with E-state index >= 15 is 0 Å². The summed E-state index contributed by atoms with van der Waals surface area (Å²) in [5.74, 6) is 0.172. The molecule has 1 fully saturated rings. The van der Waals surface area contributed by atoms with Gasteiger partial charge < -0.3 is 20.7 Å². The number of ketones is 1. The van der Waals surface area contributed by atoms with E-state index in [1.54, 1.807) is 43.6 Å². The highest BCUT2D eigenvalue weighted by molar-refractivity contribution is 6.00. The molecule has 1 saturated carbocycles. The van der Waals surface area contributed by atoms with Crippen LogP contribution in [0.2, 0.25) is 0 Å². The van der Waals surface area contributed by atoms with Crippen molar-refractivity contribution < 1.29 is 19.7 Å². The van der Waals surface area contributed by atoms with E-state index in [9.17, 15) is 15.0 Å². The van der Waals surface area contributed by atoms with Crippen LogP contribution in [0.5, 0.6) is 5.88 Å². The lowest BCUT2D eigenvalue weighted by Gasteiger charge is -2.43. The summed E-state index contributed by atoms with van der Waals surface area (Å²) in [5, 5.41) is 21.1. The number of rotatable bonds is 7. The van der Waals surface area contributed by atoms with E-state index in [-0.39, 0.29) is 29.7 Å². The third-order valence-electron chi connectivity index (χ3n) is 7.02. The van der Waals surface area contributed by atoms with Gasteiger partial charge in [-0.05, 0) is 73.9 Å². The van der Waals surface area contributed by atoms with Crippen LogP contribution in [-0.4, -0.2) is 49.3 Å². The number of hydrogen-bond donors (Lipinski definition) is 3. The van der Waals surface area contributed by atoms with Gasteiger partial charge in [0.25, 0.3) is 0 Å². The molecule has 0 aromatic carbocycles. The Kier molecular flexibility index (Phi) is 7.14. The average Bonchev–Trinajstić information content (AvgIpc) is 2.83. The number of Topliss-reactive ketones (excluding diaryl/α,β-unsaturated/α-hetero) is 1. The van der Waals surface area contributed by atoms with Gasteiger partial charge in [0.2, 0.25) is 5.88 Å². The molecule has 3 aromatic rings. The first-order valence-corrected chi connectivity index (χ1v) is 11.9. The molecular weight excluding hydrogens is 444 g/mol. The lowest BCUT2D eigenvalue weighted by molar-refractivity contribution is -0.123. The Morgan fingerprint density at radius 1 is 1.17 bits per heavy atom. The number of anilines is 1. The van der Waals surface area contributed by atoms with Gasteiger partial charge >= 0.3 is 0 Å². The number of aliphatic hydroxyl groups is 2. The minimum Gasteiger partial charge on any atom is -0.478 e. The maximum Gasteiger partial charge on any atom is 0.213 e. The summed E-state index contributed by atoms with van der Waals surface area (Å²) < 4.78 is 5.48. The number of ether oxygens (including phenoxy) is 1. The average molecular weight is 477 g/mol. The van der Waals surface area contributed by atoms with Crippen LogP contribution in [-0.2, 0) is 6.42 Å². The molecule has 4 atom stereocenters. The maximum absolute atomic E-state index is 13.3. The van der Waals surface area contributed by atoms with Crippen molar-refractivity contribution in [3.8, 4) is 17.3 Å². The SMILES string of the molecule is CCOc1cccc(-c2ccc(N)c(C(=O)Cc3cnccc3[C@H]3C[C@@H](O)[C@](C)(O)[C@@H](C)C3)n2)n1. The molecule has 184 valence electrons. The van der Waals surface area contributed by atoms with Crippen LogP contribution in [0.15, 0.2) is 48.8 Å². The molecule has 3 heterocycles. The lowest BCUT2D eigenvalue weighted by atomic mass is 9.68. The summed E-state index contributed by atoms with van der Waals surface area (Å²) in [7, 11) is 0. The number of pyridine rings is 3. The van der Waals surface area contributed by atoms with Crippen LogP contribution in [0.1, 0.15) is 61.1 Å². The molecule has 8 nitrogen and oxygen atoms in total. The smallest absolute Gasteiger partial charge is 0.213 e. The molecule has 0 aliphatic heterocycles. The third kappa shape index (κ3) is 5.18. The van der Waals surface area contributed by atoms with Crippen molar-refractivity contribution in [1.29, 1.82) is 0 Å². The Morgan fingerprint density at radius 2 is 1.94 bits per heavy atom. The Morgan fingerprint density at radius 3 is 2.69 bits per heavy atom. The second-order valence-corrected chi connectivity index (χ2v) is 9.41. The van der Waals surface area contributed by atoms with Gasteiger partial charge in [0.05, 0.1) is 35.4 Å². The summed E-state index contributed by atoms with van der Waals surface area (Å²) >= 11 is 0. The van der Waals surface area contributed by atoms with Gasteiger partial charge in [-0.1, -0.05) is 13.0 Å². The first-order chi connectivity index (χ1) is 16.7. The number of nitrogens with two attached hydrogens (primary N) is 1. The minimum absolute atomic E-state index is 0.00757. The zero-order chi connectivity index (χ0) is 25.2. The van der Waals surface area contributed by atoms with Crippen LogP contribution in [0, 0.1) is 5.92 Å². The van der Waals surface area contributed by atoms with E-state index in [1.807, 2.05) is 26.0 Å². The second-order valence-electron chi connectivity index (χ2n) is 9.41. The van der Waals surface area contributed by atoms with Gasteiger partial charge in [-0.2, -0.15) is 0 Å². The molecule has 0 amide bonds. The highest BCUT2D eigenvalue weighted by atomic mass is 16.5. The summed E-state index contributed by atoms with van der Waals surface area (Å²) in [6.45, 7) is 6.00. The number of aromatic nitrogens is 3. The fourth-order valence-corrected chi connectivity index (χ4v) is 4.71. The fourth-order valence-electron chi connectivity index (χ4n) is 4.71. The quantitative estimate of drug-likeness (QED) is 0.441. The molecule has 35 heavy (non-hydrogen) atoms. The van der Waals surface area contributed by atoms with Gasteiger partial charge in [0.15, 0.2) is 5.78 Å². The van der Waals surface area contributed by atoms with Crippen molar-refractivity contribution in [2.75, 3.05) is 12.3 Å². The molecule has 1 aliphatic carbocycles. The standard InChI is InChI=1S/C27H32N4O4/c1-4-35-25-7-5-6-21(30-25)22-9-8-20(28)26(31-22)23(32)13-18-15-29-11-10-19(18)17-12-16(2)27(3,34)24(33)14-17/h5-11,15-17,24,33-34H,4,12-14,28H2,1-3H3/t16-,17+,24+,27+/m0/s1. The maximum atomic E-state index is 13.3. The van der Waals surface area contributed by atoms with Crippen LogP contribution >= 0.6 is 0 Å². The van der Waals surface area contributed by atoms with Crippen LogP contribution < -0.4 is 10.5 Å². The molecule has 4 rings (SSSR count). The van der Waals surface area contributed by atoms with E-state index in [0.717, 1.165) is 11.1 Å². The Bertz CT molecular complexity index is 1200. The zero-order valence-corrected chi connectivity index (χ0v) is 20.3. The highest BCUT2D eigenvalue weighted by Gasteiger charge is 2.43. The molecule has 0 spiro atoms. The number of aliphatic hydroxyl groups excluding tert-OH is 1. The van der Waals surface area contributed by atoms with Gasteiger partial charge in [-0.3, -0.25) is 9.78 Å². The zero-order valence-electron chi connectivity index (χ0n) is 20.3. The van der Waals surface area contributed by atoms with Gasteiger partial charge in [-0.25, -0.2) is 9.97 Å². The van der Waals surface area contributed by atoms with Crippen molar-refractivity contribution in [2.45, 2.75) is 57.7 Å². The van der Waals surface area contributed by atoms with Crippen molar-refractivity contribution in [2.24, 2.45) is 5.92 Å². The van der Waals surface area contributed by atoms with E-state index in [0.29, 0.717) is 42.4 Å². The molecular formula is C27H32N4O4. The molecule has 8 heteroatoms. The Hall–Kier alpha value is -3.36. The highest BCUT2D eigenvalue weighted by Crippen LogP contribution is 2.42.